The van der Waals surface area contributed by atoms with Crippen molar-refractivity contribution < 1.29 is 23.4 Å². The molecule has 0 radical (unpaired) electrons. The molecule has 1 fully saturated rings. The minimum Gasteiger partial charge on any atom is -0.478 e. The minimum absolute atomic E-state index is 0.0493. The summed E-state index contributed by atoms with van der Waals surface area (Å²) < 4.78 is 29.7. The van der Waals surface area contributed by atoms with E-state index in [1.165, 1.54) is 6.07 Å². The van der Waals surface area contributed by atoms with Gasteiger partial charge in [-0.1, -0.05) is 38.5 Å². The smallest absolute Gasteiger partial charge is 0.387 e. The summed E-state index contributed by atoms with van der Waals surface area (Å²) in [5.74, 6) is -0.642. The van der Waals surface area contributed by atoms with Crippen molar-refractivity contribution in [3.63, 3.8) is 0 Å². The first kappa shape index (κ1) is 19.3. The van der Waals surface area contributed by atoms with Crippen molar-refractivity contribution in [2.24, 2.45) is 5.41 Å². The lowest BCUT2D eigenvalue weighted by molar-refractivity contribution is -0.0498. The topological polar surface area (TPSA) is 46.5 Å². The molecule has 0 heterocycles. The molecule has 3 rings (SSSR count). The number of carbonyl (C=O) groups is 1. The van der Waals surface area contributed by atoms with E-state index in [9.17, 15) is 18.7 Å². The van der Waals surface area contributed by atoms with Gasteiger partial charge in [-0.05, 0) is 71.6 Å². The highest BCUT2D eigenvalue weighted by atomic mass is 19.3. The summed E-state index contributed by atoms with van der Waals surface area (Å²) in [6, 6.07) is 10.00. The van der Waals surface area contributed by atoms with Gasteiger partial charge in [-0.3, -0.25) is 0 Å². The van der Waals surface area contributed by atoms with Crippen LogP contribution < -0.4 is 4.74 Å². The molecule has 1 atom stereocenters. The highest BCUT2D eigenvalue weighted by Crippen LogP contribution is 2.52. The number of carboxylic acids is 1. The summed E-state index contributed by atoms with van der Waals surface area (Å²) in [5.41, 5.74) is 3.74. The lowest BCUT2D eigenvalue weighted by Crippen LogP contribution is -2.18. The van der Waals surface area contributed by atoms with Gasteiger partial charge in [0.15, 0.2) is 0 Å². The third-order valence-corrected chi connectivity index (χ3v) is 5.72. The standard InChI is InChI=1S/C22H24F2O3/c1-13-16(20(25)26)9-10-17(19(13)18-8-5-11-22(18,2)3)14-6-4-7-15(12-14)27-21(23)24/h4,6-7,9-10,12,18,21H,5,8,11H2,1-3H3,(H,25,26). The summed E-state index contributed by atoms with van der Waals surface area (Å²) in [6.07, 6.45) is 3.14. The Kier molecular flexibility index (Phi) is 5.22. The lowest BCUT2D eigenvalue weighted by Gasteiger charge is -2.31. The number of aromatic carboxylic acids is 1. The second-order valence-corrected chi connectivity index (χ2v) is 7.84. The highest BCUT2D eigenvalue weighted by molar-refractivity contribution is 5.91. The van der Waals surface area contributed by atoms with Gasteiger partial charge in [-0.25, -0.2) is 4.79 Å². The molecule has 0 spiro atoms. The Morgan fingerprint density at radius 2 is 2.00 bits per heavy atom. The van der Waals surface area contributed by atoms with E-state index in [1.54, 1.807) is 24.3 Å². The number of rotatable bonds is 5. The zero-order chi connectivity index (χ0) is 19.8. The molecule has 27 heavy (non-hydrogen) atoms. The van der Waals surface area contributed by atoms with Gasteiger partial charge in [0.2, 0.25) is 0 Å². The maximum absolute atomic E-state index is 12.6. The lowest BCUT2D eigenvalue weighted by atomic mass is 9.73. The number of ether oxygens (including phenoxy) is 1. The average Bonchev–Trinajstić information content (AvgIpc) is 2.92. The summed E-state index contributed by atoms with van der Waals surface area (Å²) >= 11 is 0. The van der Waals surface area contributed by atoms with Crippen molar-refractivity contribution in [1.29, 1.82) is 0 Å². The van der Waals surface area contributed by atoms with Crippen LogP contribution in [0.5, 0.6) is 5.75 Å². The van der Waals surface area contributed by atoms with Crippen LogP contribution in [0.1, 0.15) is 60.5 Å². The van der Waals surface area contributed by atoms with Gasteiger partial charge in [0.25, 0.3) is 0 Å². The minimum atomic E-state index is -2.88. The predicted molar refractivity (Wildman–Crippen MR) is 101 cm³/mol. The van der Waals surface area contributed by atoms with Crippen molar-refractivity contribution in [1.82, 2.24) is 0 Å². The Bertz CT molecular complexity index is 859. The van der Waals surface area contributed by atoms with Gasteiger partial charge in [0.05, 0.1) is 5.56 Å². The Labute approximate surface area is 158 Å². The Morgan fingerprint density at radius 1 is 1.26 bits per heavy atom. The molecular weight excluding hydrogens is 350 g/mol. The second kappa shape index (κ2) is 7.29. The van der Waals surface area contributed by atoms with Gasteiger partial charge in [0, 0.05) is 0 Å². The SMILES string of the molecule is Cc1c(C(=O)O)ccc(-c2cccc(OC(F)F)c2)c1C1CCCC1(C)C. The molecule has 0 amide bonds. The van der Waals surface area contributed by atoms with Crippen LogP contribution >= 0.6 is 0 Å². The first-order chi connectivity index (χ1) is 12.7. The number of hydrogen-bond donors (Lipinski definition) is 1. The normalized spacial score (nSPS) is 18.7. The fraction of sp³-hybridized carbons (Fsp3) is 0.409. The molecule has 3 nitrogen and oxygen atoms in total. The quantitative estimate of drug-likeness (QED) is 0.672. The van der Waals surface area contributed by atoms with Crippen LogP contribution in [0.15, 0.2) is 36.4 Å². The molecule has 144 valence electrons. The summed E-state index contributed by atoms with van der Waals surface area (Å²) in [7, 11) is 0. The fourth-order valence-electron chi connectivity index (χ4n) is 4.36. The molecule has 0 aliphatic heterocycles. The van der Waals surface area contributed by atoms with E-state index in [0.29, 0.717) is 0 Å². The molecule has 1 N–H and O–H groups in total. The van der Waals surface area contributed by atoms with E-state index in [-0.39, 0.29) is 22.6 Å². The molecule has 0 aromatic heterocycles. The Morgan fingerprint density at radius 3 is 2.59 bits per heavy atom. The molecule has 1 aliphatic rings. The molecule has 1 saturated carbocycles. The molecule has 1 unspecified atom stereocenters. The number of hydrogen-bond acceptors (Lipinski definition) is 2. The van der Waals surface area contributed by atoms with Crippen molar-refractivity contribution in [3.05, 3.63) is 53.1 Å². The Balaban J connectivity index is 2.19. The third-order valence-electron chi connectivity index (χ3n) is 5.72. The summed E-state index contributed by atoms with van der Waals surface area (Å²) in [6.45, 7) is 3.37. The molecular formula is C22H24F2O3. The number of benzene rings is 2. The zero-order valence-corrected chi connectivity index (χ0v) is 15.8. The van der Waals surface area contributed by atoms with E-state index in [1.807, 2.05) is 13.0 Å². The molecule has 5 heteroatoms. The molecule has 0 saturated heterocycles. The molecule has 1 aliphatic carbocycles. The van der Waals surface area contributed by atoms with Crippen LogP contribution in [0.4, 0.5) is 8.78 Å². The van der Waals surface area contributed by atoms with Crippen LogP contribution in [0.2, 0.25) is 0 Å². The summed E-state index contributed by atoms with van der Waals surface area (Å²) in [5, 5.41) is 9.56. The van der Waals surface area contributed by atoms with Gasteiger partial charge >= 0.3 is 12.6 Å². The van der Waals surface area contributed by atoms with Gasteiger partial charge in [0.1, 0.15) is 5.75 Å². The van der Waals surface area contributed by atoms with E-state index in [0.717, 1.165) is 41.5 Å². The van der Waals surface area contributed by atoms with Gasteiger partial charge < -0.3 is 9.84 Å². The van der Waals surface area contributed by atoms with Crippen LogP contribution in [0, 0.1) is 12.3 Å². The third kappa shape index (κ3) is 3.82. The van der Waals surface area contributed by atoms with Crippen LogP contribution in [0.3, 0.4) is 0 Å². The predicted octanol–water partition coefficient (Wildman–Crippen LogP) is 6.26. The van der Waals surface area contributed by atoms with Crippen LogP contribution in [-0.4, -0.2) is 17.7 Å². The highest BCUT2D eigenvalue weighted by Gasteiger charge is 2.38. The van der Waals surface area contributed by atoms with E-state index >= 15 is 0 Å². The van der Waals surface area contributed by atoms with E-state index in [2.05, 4.69) is 18.6 Å². The first-order valence-electron chi connectivity index (χ1n) is 9.13. The fourth-order valence-corrected chi connectivity index (χ4v) is 4.36. The number of alkyl halides is 2. The van der Waals surface area contributed by atoms with Crippen molar-refractivity contribution in [2.75, 3.05) is 0 Å². The largest absolute Gasteiger partial charge is 0.478 e. The second-order valence-electron chi connectivity index (χ2n) is 7.84. The average molecular weight is 374 g/mol. The molecule has 2 aromatic rings. The van der Waals surface area contributed by atoms with Crippen molar-refractivity contribution in [3.8, 4) is 16.9 Å². The van der Waals surface area contributed by atoms with E-state index < -0.39 is 12.6 Å². The summed E-state index contributed by atoms with van der Waals surface area (Å²) in [4.78, 5) is 11.7. The molecule has 2 aromatic carbocycles. The number of halogens is 2. The van der Waals surface area contributed by atoms with E-state index in [4.69, 9.17) is 0 Å². The van der Waals surface area contributed by atoms with Crippen molar-refractivity contribution >= 4 is 5.97 Å². The van der Waals surface area contributed by atoms with Gasteiger partial charge in [-0.15, -0.1) is 0 Å². The molecule has 0 bridgehead atoms. The monoisotopic (exact) mass is 374 g/mol. The number of carboxylic acid groups (broad SMARTS) is 1. The van der Waals surface area contributed by atoms with Crippen LogP contribution in [0.25, 0.3) is 11.1 Å². The van der Waals surface area contributed by atoms with Crippen LogP contribution in [-0.2, 0) is 0 Å². The van der Waals surface area contributed by atoms with Gasteiger partial charge in [-0.2, -0.15) is 8.78 Å². The van der Waals surface area contributed by atoms with Crippen molar-refractivity contribution in [2.45, 2.75) is 52.6 Å². The zero-order valence-electron chi connectivity index (χ0n) is 15.8. The Hall–Kier alpha value is -2.43. The maximum Gasteiger partial charge on any atom is 0.387 e. The maximum atomic E-state index is 12.6. The first-order valence-corrected chi connectivity index (χ1v) is 9.13.